The highest BCUT2D eigenvalue weighted by Crippen LogP contribution is 2.17. The molecule has 2 aliphatic heterocycles. The SMILES string of the molecule is O=C(C1CCCO1)N1CCCN(Cc2ccnn2-c2ccccc2)CC1. The number of benzene rings is 1. The van der Waals surface area contributed by atoms with Gasteiger partial charge < -0.3 is 9.64 Å². The van der Waals surface area contributed by atoms with E-state index in [4.69, 9.17) is 4.74 Å². The molecule has 6 heteroatoms. The number of nitrogens with zero attached hydrogens (tertiary/aromatic N) is 4. The third-order valence-corrected chi connectivity index (χ3v) is 5.21. The first-order valence-corrected chi connectivity index (χ1v) is 9.52. The monoisotopic (exact) mass is 354 g/mol. The number of rotatable bonds is 4. The molecule has 0 N–H and O–H groups in total. The van der Waals surface area contributed by atoms with Crippen molar-refractivity contribution in [3.8, 4) is 5.69 Å². The van der Waals surface area contributed by atoms with Crippen molar-refractivity contribution in [2.24, 2.45) is 0 Å². The third-order valence-electron chi connectivity index (χ3n) is 5.21. The van der Waals surface area contributed by atoms with Crippen molar-refractivity contribution in [3.63, 3.8) is 0 Å². The number of para-hydroxylation sites is 1. The second-order valence-electron chi connectivity index (χ2n) is 7.03. The molecule has 3 heterocycles. The molecule has 2 saturated heterocycles. The topological polar surface area (TPSA) is 50.6 Å². The van der Waals surface area contributed by atoms with Gasteiger partial charge in [0, 0.05) is 45.5 Å². The minimum atomic E-state index is -0.207. The number of aromatic nitrogens is 2. The first-order chi connectivity index (χ1) is 12.8. The van der Waals surface area contributed by atoms with Gasteiger partial charge in [-0.3, -0.25) is 9.69 Å². The fraction of sp³-hybridized carbons (Fsp3) is 0.500. The lowest BCUT2D eigenvalue weighted by Gasteiger charge is -2.24. The molecule has 0 spiro atoms. The molecular formula is C20H26N4O2. The van der Waals surface area contributed by atoms with Crippen molar-refractivity contribution in [2.75, 3.05) is 32.8 Å². The number of carbonyl (C=O) groups excluding carboxylic acids is 1. The Morgan fingerprint density at radius 2 is 1.96 bits per heavy atom. The molecular weight excluding hydrogens is 328 g/mol. The van der Waals surface area contributed by atoms with Crippen LogP contribution in [0.3, 0.4) is 0 Å². The van der Waals surface area contributed by atoms with Crippen LogP contribution in [0, 0.1) is 0 Å². The Bertz CT molecular complexity index is 724. The van der Waals surface area contributed by atoms with E-state index in [1.54, 1.807) is 0 Å². The van der Waals surface area contributed by atoms with Crippen LogP contribution in [-0.2, 0) is 16.1 Å². The van der Waals surface area contributed by atoms with Crippen molar-refractivity contribution >= 4 is 5.91 Å². The van der Waals surface area contributed by atoms with E-state index in [0.29, 0.717) is 0 Å². The lowest BCUT2D eigenvalue weighted by Crippen LogP contribution is -2.41. The first kappa shape index (κ1) is 17.2. The van der Waals surface area contributed by atoms with Gasteiger partial charge in [0.05, 0.1) is 11.4 Å². The molecule has 2 aliphatic rings. The molecule has 0 bridgehead atoms. The van der Waals surface area contributed by atoms with E-state index < -0.39 is 0 Å². The summed E-state index contributed by atoms with van der Waals surface area (Å²) in [5.41, 5.74) is 2.26. The molecule has 0 aliphatic carbocycles. The van der Waals surface area contributed by atoms with Crippen molar-refractivity contribution in [3.05, 3.63) is 48.3 Å². The minimum absolute atomic E-state index is 0.179. The first-order valence-electron chi connectivity index (χ1n) is 9.52. The van der Waals surface area contributed by atoms with Crippen molar-refractivity contribution in [2.45, 2.75) is 31.9 Å². The highest BCUT2D eigenvalue weighted by Gasteiger charge is 2.29. The Balaban J connectivity index is 1.38. The molecule has 1 aromatic carbocycles. The number of ether oxygens (including phenoxy) is 1. The summed E-state index contributed by atoms with van der Waals surface area (Å²) in [6.45, 7) is 5.05. The summed E-state index contributed by atoms with van der Waals surface area (Å²) in [4.78, 5) is 17.0. The minimum Gasteiger partial charge on any atom is -0.368 e. The summed E-state index contributed by atoms with van der Waals surface area (Å²) in [5, 5.41) is 4.48. The Morgan fingerprint density at radius 1 is 1.08 bits per heavy atom. The van der Waals surface area contributed by atoms with E-state index >= 15 is 0 Å². The number of hydrogen-bond donors (Lipinski definition) is 0. The predicted octanol–water partition coefficient (Wildman–Crippen LogP) is 2.09. The normalized spacial score (nSPS) is 21.7. The Hall–Kier alpha value is -2.18. The fourth-order valence-electron chi connectivity index (χ4n) is 3.81. The zero-order chi connectivity index (χ0) is 17.8. The Labute approximate surface area is 154 Å². The van der Waals surface area contributed by atoms with E-state index in [1.807, 2.05) is 34.0 Å². The number of carbonyl (C=O) groups is 1. The van der Waals surface area contributed by atoms with Crippen LogP contribution in [0.1, 0.15) is 25.0 Å². The zero-order valence-corrected chi connectivity index (χ0v) is 15.1. The van der Waals surface area contributed by atoms with E-state index in [1.165, 1.54) is 5.69 Å². The summed E-state index contributed by atoms with van der Waals surface area (Å²) < 4.78 is 7.57. The standard InChI is InChI=1S/C20H26N4O2/c25-20(19-8-4-15-26-19)23-12-5-11-22(13-14-23)16-18-9-10-21-24(18)17-6-2-1-3-7-17/h1-3,6-7,9-10,19H,4-5,8,11-16H2. The van der Waals surface area contributed by atoms with Gasteiger partial charge in [-0.25, -0.2) is 4.68 Å². The van der Waals surface area contributed by atoms with Crippen LogP contribution >= 0.6 is 0 Å². The molecule has 2 fully saturated rings. The van der Waals surface area contributed by atoms with Crippen LogP contribution in [0.15, 0.2) is 42.6 Å². The maximum Gasteiger partial charge on any atom is 0.251 e. The largest absolute Gasteiger partial charge is 0.368 e. The van der Waals surface area contributed by atoms with E-state index in [9.17, 15) is 4.79 Å². The summed E-state index contributed by atoms with van der Waals surface area (Å²) >= 11 is 0. The maximum absolute atomic E-state index is 12.6. The highest BCUT2D eigenvalue weighted by atomic mass is 16.5. The van der Waals surface area contributed by atoms with Crippen LogP contribution in [0.5, 0.6) is 0 Å². The molecule has 1 unspecified atom stereocenters. The van der Waals surface area contributed by atoms with E-state index in [0.717, 1.165) is 64.3 Å². The van der Waals surface area contributed by atoms with E-state index in [2.05, 4.69) is 28.2 Å². The predicted molar refractivity (Wildman–Crippen MR) is 99.0 cm³/mol. The molecule has 6 nitrogen and oxygen atoms in total. The van der Waals surface area contributed by atoms with Gasteiger partial charge in [0.15, 0.2) is 0 Å². The van der Waals surface area contributed by atoms with Crippen molar-refractivity contribution in [1.82, 2.24) is 19.6 Å². The van der Waals surface area contributed by atoms with Crippen LogP contribution in [0.2, 0.25) is 0 Å². The average Bonchev–Trinajstić information content (AvgIpc) is 3.31. The van der Waals surface area contributed by atoms with Gasteiger partial charge in [-0.2, -0.15) is 5.10 Å². The van der Waals surface area contributed by atoms with Gasteiger partial charge in [0.1, 0.15) is 6.10 Å². The second-order valence-corrected chi connectivity index (χ2v) is 7.03. The van der Waals surface area contributed by atoms with Gasteiger partial charge >= 0.3 is 0 Å². The molecule has 1 amide bonds. The van der Waals surface area contributed by atoms with Crippen LogP contribution in [-0.4, -0.2) is 64.4 Å². The lowest BCUT2D eigenvalue weighted by molar-refractivity contribution is -0.140. The van der Waals surface area contributed by atoms with Crippen LogP contribution in [0.25, 0.3) is 5.69 Å². The van der Waals surface area contributed by atoms with Gasteiger partial charge in [-0.05, 0) is 37.5 Å². The summed E-state index contributed by atoms with van der Waals surface area (Å²) in [6.07, 6.45) is 4.52. The molecule has 4 rings (SSSR count). The van der Waals surface area contributed by atoms with Gasteiger partial charge in [0.2, 0.25) is 0 Å². The van der Waals surface area contributed by atoms with Crippen LogP contribution in [0.4, 0.5) is 0 Å². The van der Waals surface area contributed by atoms with Crippen LogP contribution < -0.4 is 0 Å². The van der Waals surface area contributed by atoms with Gasteiger partial charge in [0.25, 0.3) is 5.91 Å². The highest BCUT2D eigenvalue weighted by molar-refractivity contribution is 5.81. The Kier molecular flexibility index (Phi) is 5.32. The fourth-order valence-corrected chi connectivity index (χ4v) is 3.81. The summed E-state index contributed by atoms with van der Waals surface area (Å²) in [7, 11) is 0. The van der Waals surface area contributed by atoms with Gasteiger partial charge in [-0.1, -0.05) is 18.2 Å². The van der Waals surface area contributed by atoms with Crippen molar-refractivity contribution < 1.29 is 9.53 Å². The number of hydrogen-bond acceptors (Lipinski definition) is 4. The number of amides is 1. The molecule has 26 heavy (non-hydrogen) atoms. The zero-order valence-electron chi connectivity index (χ0n) is 15.1. The molecule has 1 aromatic heterocycles. The second kappa shape index (κ2) is 8.01. The van der Waals surface area contributed by atoms with Gasteiger partial charge in [-0.15, -0.1) is 0 Å². The molecule has 1 atom stereocenters. The lowest BCUT2D eigenvalue weighted by atomic mass is 10.2. The Morgan fingerprint density at radius 3 is 2.77 bits per heavy atom. The van der Waals surface area contributed by atoms with Crippen molar-refractivity contribution in [1.29, 1.82) is 0 Å². The maximum atomic E-state index is 12.6. The molecule has 0 saturated carbocycles. The quantitative estimate of drug-likeness (QED) is 0.844. The van der Waals surface area contributed by atoms with E-state index in [-0.39, 0.29) is 12.0 Å². The molecule has 138 valence electrons. The average molecular weight is 354 g/mol. The molecule has 2 aromatic rings. The smallest absolute Gasteiger partial charge is 0.251 e. The summed E-state index contributed by atoms with van der Waals surface area (Å²) in [6, 6.07) is 12.3. The molecule has 0 radical (unpaired) electrons. The summed E-state index contributed by atoms with van der Waals surface area (Å²) in [5.74, 6) is 0.179. The third kappa shape index (κ3) is 3.81.